The summed E-state index contributed by atoms with van der Waals surface area (Å²) in [6.07, 6.45) is 2.47. The maximum Gasteiger partial charge on any atom is 0.162 e. The van der Waals surface area contributed by atoms with Crippen LogP contribution in [0.5, 0.6) is 0 Å². The Morgan fingerprint density at radius 2 is 1.74 bits per heavy atom. The Balaban J connectivity index is 2.59. The Bertz CT molecular complexity index is 404. The van der Waals surface area contributed by atoms with Gasteiger partial charge in [-0.05, 0) is 36.3 Å². The van der Waals surface area contributed by atoms with E-state index in [1.807, 2.05) is 12.1 Å². The number of rotatable bonds is 7. The molecular weight excluding hydrogens is 234 g/mol. The lowest BCUT2D eigenvalue weighted by molar-refractivity contribution is 0.0961. The molecule has 1 aromatic carbocycles. The van der Waals surface area contributed by atoms with Crippen LogP contribution in [0.2, 0.25) is 0 Å². The highest BCUT2D eigenvalue weighted by Gasteiger charge is 2.18. The topological polar surface area (TPSA) is 43.1 Å². The molecule has 0 atom stereocenters. The molecule has 1 rings (SSSR count). The minimum absolute atomic E-state index is 0.155. The largest absolute Gasteiger partial charge is 0.330 e. The number of carbonyl (C=O) groups is 1. The normalized spacial score (nSPS) is 11.9. The molecule has 2 nitrogen and oxygen atoms in total. The second-order valence-corrected chi connectivity index (χ2v) is 6.40. The van der Waals surface area contributed by atoms with Crippen molar-refractivity contribution in [3.63, 3.8) is 0 Å². The standard InChI is InChI=1S/C17H27NO/c1-13(2)14-5-7-15(8-6-14)16(19)9-10-17(3,4)11-12-18/h5-8,13H,9-12,18H2,1-4H3. The van der Waals surface area contributed by atoms with E-state index in [9.17, 15) is 4.79 Å². The smallest absolute Gasteiger partial charge is 0.162 e. The number of Topliss-reactive ketones (excluding diaryl/α,β-unsaturated/α-hetero) is 1. The molecular formula is C17H27NO. The van der Waals surface area contributed by atoms with Gasteiger partial charge >= 0.3 is 0 Å². The molecule has 19 heavy (non-hydrogen) atoms. The van der Waals surface area contributed by atoms with Gasteiger partial charge in [-0.15, -0.1) is 0 Å². The first-order valence-corrected chi connectivity index (χ1v) is 7.19. The van der Waals surface area contributed by atoms with Crippen LogP contribution in [0.15, 0.2) is 24.3 Å². The van der Waals surface area contributed by atoms with E-state index < -0.39 is 0 Å². The molecule has 106 valence electrons. The van der Waals surface area contributed by atoms with Crippen molar-refractivity contribution in [2.24, 2.45) is 11.1 Å². The van der Waals surface area contributed by atoms with Crippen molar-refractivity contribution < 1.29 is 4.79 Å². The molecule has 0 fully saturated rings. The van der Waals surface area contributed by atoms with Crippen LogP contribution in [0.4, 0.5) is 0 Å². The lowest BCUT2D eigenvalue weighted by Gasteiger charge is -2.23. The van der Waals surface area contributed by atoms with Crippen LogP contribution in [0, 0.1) is 5.41 Å². The average molecular weight is 261 g/mol. The van der Waals surface area contributed by atoms with Gasteiger partial charge < -0.3 is 5.73 Å². The summed E-state index contributed by atoms with van der Waals surface area (Å²) in [6.45, 7) is 9.35. The third-order valence-corrected chi connectivity index (χ3v) is 3.75. The maximum atomic E-state index is 12.1. The van der Waals surface area contributed by atoms with Gasteiger partial charge in [0.05, 0.1) is 0 Å². The monoisotopic (exact) mass is 261 g/mol. The van der Waals surface area contributed by atoms with Crippen LogP contribution in [-0.2, 0) is 0 Å². The van der Waals surface area contributed by atoms with E-state index >= 15 is 0 Å². The quantitative estimate of drug-likeness (QED) is 0.749. The fraction of sp³-hybridized carbons (Fsp3) is 0.588. The molecule has 0 spiro atoms. The molecule has 1 aromatic rings. The Labute approximate surface area is 117 Å². The van der Waals surface area contributed by atoms with E-state index in [1.54, 1.807) is 0 Å². The highest BCUT2D eigenvalue weighted by atomic mass is 16.1. The van der Waals surface area contributed by atoms with Crippen molar-refractivity contribution >= 4 is 5.78 Å². The fourth-order valence-electron chi connectivity index (χ4n) is 2.17. The summed E-state index contributed by atoms with van der Waals surface area (Å²) >= 11 is 0. The lowest BCUT2D eigenvalue weighted by atomic mass is 9.83. The first kappa shape index (κ1) is 15.9. The second-order valence-electron chi connectivity index (χ2n) is 6.40. The van der Waals surface area contributed by atoms with E-state index in [-0.39, 0.29) is 11.2 Å². The van der Waals surface area contributed by atoms with Crippen molar-refractivity contribution in [3.05, 3.63) is 35.4 Å². The summed E-state index contributed by atoms with van der Waals surface area (Å²) in [6, 6.07) is 8.02. The SMILES string of the molecule is CC(C)c1ccc(C(=O)CCC(C)(C)CCN)cc1. The zero-order chi connectivity index (χ0) is 14.5. The van der Waals surface area contributed by atoms with Gasteiger partial charge in [-0.1, -0.05) is 52.0 Å². The van der Waals surface area contributed by atoms with Crippen molar-refractivity contribution in [2.75, 3.05) is 6.54 Å². The summed E-state index contributed by atoms with van der Waals surface area (Å²) in [7, 11) is 0. The van der Waals surface area contributed by atoms with Gasteiger partial charge in [-0.2, -0.15) is 0 Å². The number of hydrogen-bond acceptors (Lipinski definition) is 2. The van der Waals surface area contributed by atoms with Crippen molar-refractivity contribution in [3.8, 4) is 0 Å². The number of carbonyl (C=O) groups excluding carboxylic acids is 1. The zero-order valence-corrected chi connectivity index (χ0v) is 12.7. The van der Waals surface area contributed by atoms with Crippen molar-refractivity contribution in [1.82, 2.24) is 0 Å². The highest BCUT2D eigenvalue weighted by molar-refractivity contribution is 5.96. The number of ketones is 1. The number of benzene rings is 1. The second kappa shape index (κ2) is 6.85. The average Bonchev–Trinajstić information content (AvgIpc) is 2.36. The molecule has 0 radical (unpaired) electrons. The van der Waals surface area contributed by atoms with Gasteiger partial charge in [0.15, 0.2) is 5.78 Å². The summed E-state index contributed by atoms with van der Waals surface area (Å²) in [5, 5.41) is 0. The fourth-order valence-corrected chi connectivity index (χ4v) is 2.17. The number of hydrogen-bond donors (Lipinski definition) is 1. The molecule has 0 heterocycles. The molecule has 0 unspecified atom stereocenters. The minimum atomic E-state index is 0.155. The molecule has 0 bridgehead atoms. The van der Waals surface area contributed by atoms with Gasteiger partial charge in [-0.25, -0.2) is 0 Å². The van der Waals surface area contributed by atoms with Gasteiger partial charge in [0, 0.05) is 12.0 Å². The summed E-state index contributed by atoms with van der Waals surface area (Å²) in [5.74, 6) is 0.744. The van der Waals surface area contributed by atoms with Crippen LogP contribution in [-0.4, -0.2) is 12.3 Å². The lowest BCUT2D eigenvalue weighted by Crippen LogP contribution is -2.18. The highest BCUT2D eigenvalue weighted by Crippen LogP contribution is 2.27. The van der Waals surface area contributed by atoms with Gasteiger partial charge in [0.2, 0.25) is 0 Å². The third kappa shape index (κ3) is 5.15. The molecule has 0 saturated carbocycles. The summed E-state index contributed by atoms with van der Waals surface area (Å²) in [4.78, 5) is 12.1. The molecule has 0 saturated heterocycles. The number of nitrogens with two attached hydrogens (primary N) is 1. The van der Waals surface area contributed by atoms with E-state index in [2.05, 4.69) is 39.8 Å². The Morgan fingerprint density at radius 1 is 1.16 bits per heavy atom. The van der Waals surface area contributed by atoms with E-state index in [0.717, 1.165) is 18.4 Å². The molecule has 0 amide bonds. The first-order chi connectivity index (χ1) is 8.85. The van der Waals surface area contributed by atoms with Gasteiger partial charge in [0.25, 0.3) is 0 Å². The molecule has 2 heteroatoms. The predicted molar refractivity (Wildman–Crippen MR) is 81.5 cm³/mol. The van der Waals surface area contributed by atoms with E-state index in [1.165, 1.54) is 5.56 Å². The van der Waals surface area contributed by atoms with Gasteiger partial charge in [-0.3, -0.25) is 4.79 Å². The van der Waals surface area contributed by atoms with Crippen LogP contribution in [0.25, 0.3) is 0 Å². The van der Waals surface area contributed by atoms with Crippen LogP contribution in [0.1, 0.15) is 68.8 Å². The Hall–Kier alpha value is -1.15. The molecule has 0 aliphatic carbocycles. The molecule has 2 N–H and O–H groups in total. The van der Waals surface area contributed by atoms with Crippen molar-refractivity contribution in [2.45, 2.75) is 52.9 Å². The summed E-state index contributed by atoms with van der Waals surface area (Å²) < 4.78 is 0. The first-order valence-electron chi connectivity index (χ1n) is 7.19. The summed E-state index contributed by atoms with van der Waals surface area (Å²) in [5.41, 5.74) is 7.85. The zero-order valence-electron chi connectivity index (χ0n) is 12.7. The maximum absolute atomic E-state index is 12.1. The minimum Gasteiger partial charge on any atom is -0.330 e. The molecule has 0 aromatic heterocycles. The van der Waals surface area contributed by atoms with Crippen LogP contribution < -0.4 is 5.73 Å². The predicted octanol–water partition coefficient (Wildman–Crippen LogP) is 4.15. The van der Waals surface area contributed by atoms with Crippen LogP contribution in [0.3, 0.4) is 0 Å². The van der Waals surface area contributed by atoms with Gasteiger partial charge in [0.1, 0.15) is 0 Å². The van der Waals surface area contributed by atoms with E-state index in [4.69, 9.17) is 5.73 Å². The molecule has 0 aliphatic rings. The third-order valence-electron chi connectivity index (χ3n) is 3.75. The molecule has 0 aliphatic heterocycles. The Morgan fingerprint density at radius 3 is 2.21 bits per heavy atom. The van der Waals surface area contributed by atoms with Crippen LogP contribution >= 0.6 is 0 Å². The Kier molecular flexibility index (Phi) is 5.74. The van der Waals surface area contributed by atoms with E-state index in [0.29, 0.717) is 18.9 Å². The van der Waals surface area contributed by atoms with Crippen molar-refractivity contribution in [1.29, 1.82) is 0 Å².